The molecule has 0 aliphatic heterocycles. The molecule has 10 heteroatoms. The van der Waals surface area contributed by atoms with Crippen LogP contribution in [0.5, 0.6) is 0 Å². The summed E-state index contributed by atoms with van der Waals surface area (Å²) in [5.74, 6) is 0.516. The second-order valence-corrected chi connectivity index (χ2v) is 9.79. The van der Waals surface area contributed by atoms with Crippen LogP contribution in [-0.2, 0) is 6.42 Å². The van der Waals surface area contributed by atoms with Gasteiger partial charge >= 0.3 is 0 Å². The molecule has 2 aromatic carbocycles. The third-order valence-corrected chi connectivity index (χ3v) is 6.88. The fraction of sp³-hybridized carbons (Fsp3) is 0.0625. The van der Waals surface area contributed by atoms with E-state index >= 15 is 0 Å². The number of fused-ring (bicyclic) bond motifs is 2. The molecule has 0 spiro atoms. The van der Waals surface area contributed by atoms with Crippen LogP contribution in [0.25, 0.3) is 40.1 Å². The first-order valence-electron chi connectivity index (χ1n) is 13.5. The number of hydrogen-bond donors (Lipinski definition) is 4. The van der Waals surface area contributed by atoms with E-state index in [9.17, 15) is 9.59 Å². The molecule has 7 rings (SSSR count). The molecule has 0 saturated heterocycles. The Morgan fingerprint density at radius 3 is 1.88 bits per heavy atom. The molecule has 1 aliphatic rings. The van der Waals surface area contributed by atoms with Crippen molar-refractivity contribution in [1.29, 1.82) is 0 Å². The van der Waals surface area contributed by atoms with Crippen LogP contribution in [0.15, 0.2) is 91.0 Å². The Bertz CT molecular complexity index is 1950. The number of nitrogens with one attached hydrogen (secondary N) is 4. The van der Waals surface area contributed by atoms with Crippen LogP contribution in [0.2, 0.25) is 0 Å². The van der Waals surface area contributed by atoms with E-state index in [2.05, 4.69) is 46.6 Å². The zero-order valence-electron chi connectivity index (χ0n) is 22.3. The zero-order valence-corrected chi connectivity index (χ0v) is 22.3. The molecule has 0 fully saturated rings. The molecule has 42 heavy (non-hydrogen) atoms. The number of imidazole rings is 2. The van der Waals surface area contributed by atoms with Gasteiger partial charge in [-0.1, -0.05) is 30.3 Å². The number of allylic oxidation sites excluding steroid dienone is 1. The summed E-state index contributed by atoms with van der Waals surface area (Å²) >= 11 is 0. The van der Waals surface area contributed by atoms with E-state index in [4.69, 9.17) is 0 Å². The van der Waals surface area contributed by atoms with Crippen molar-refractivity contribution in [1.82, 2.24) is 29.9 Å². The highest BCUT2D eigenvalue weighted by Gasteiger charge is 2.16. The van der Waals surface area contributed by atoms with Gasteiger partial charge in [-0.25, -0.2) is 19.9 Å². The topological polar surface area (TPSA) is 141 Å². The van der Waals surface area contributed by atoms with Crippen LogP contribution in [0.4, 0.5) is 11.4 Å². The Kier molecular flexibility index (Phi) is 6.32. The average molecular weight is 553 g/mol. The number of amides is 2. The van der Waals surface area contributed by atoms with Gasteiger partial charge in [0.15, 0.2) is 11.6 Å². The van der Waals surface area contributed by atoms with E-state index in [0.29, 0.717) is 34.4 Å². The summed E-state index contributed by atoms with van der Waals surface area (Å²) in [5, 5.41) is 5.71. The van der Waals surface area contributed by atoms with Crippen molar-refractivity contribution in [3.05, 3.63) is 114 Å². The van der Waals surface area contributed by atoms with Crippen LogP contribution >= 0.6 is 0 Å². The number of pyridine rings is 2. The number of carbonyl (C=O) groups excluding carboxylic acids is 2. The van der Waals surface area contributed by atoms with Crippen molar-refractivity contribution in [3.63, 3.8) is 0 Å². The molecule has 0 atom stereocenters. The maximum Gasteiger partial charge on any atom is 0.274 e. The van der Waals surface area contributed by atoms with Gasteiger partial charge in [0.05, 0.1) is 22.4 Å². The number of hydrogen-bond acceptors (Lipinski definition) is 6. The molecule has 0 unspecified atom stereocenters. The number of H-pyrrole nitrogens is 2. The minimum Gasteiger partial charge on any atom is -0.337 e. The third-order valence-electron chi connectivity index (χ3n) is 6.88. The van der Waals surface area contributed by atoms with Crippen molar-refractivity contribution >= 4 is 40.3 Å². The van der Waals surface area contributed by atoms with Crippen LogP contribution in [0, 0.1) is 0 Å². The number of aryl methyl sites for hydroxylation is 1. The van der Waals surface area contributed by atoms with Crippen molar-refractivity contribution in [2.24, 2.45) is 0 Å². The lowest BCUT2D eigenvalue weighted by atomic mass is 10.1. The lowest BCUT2D eigenvalue weighted by Gasteiger charge is -2.08. The van der Waals surface area contributed by atoms with Crippen molar-refractivity contribution in [2.75, 3.05) is 10.6 Å². The summed E-state index contributed by atoms with van der Waals surface area (Å²) in [6.45, 7) is 0. The van der Waals surface area contributed by atoms with Gasteiger partial charge in [-0.15, -0.1) is 0 Å². The molecular formula is C32H24N8O2. The largest absolute Gasteiger partial charge is 0.337 e. The van der Waals surface area contributed by atoms with E-state index in [-0.39, 0.29) is 23.2 Å². The summed E-state index contributed by atoms with van der Waals surface area (Å²) in [5.41, 5.74) is 6.52. The SMILES string of the molecule is O=C(Nc1ccc(NC(=O)c2cccc(-c3nc4ccccc4[nH]3)n2)cc1)c1cccc(-c2nc3c([nH]2)C=CCC3)n1. The molecule has 4 heterocycles. The monoisotopic (exact) mass is 552 g/mol. The normalized spacial score (nSPS) is 12.2. The highest BCUT2D eigenvalue weighted by Crippen LogP contribution is 2.23. The first-order valence-corrected chi connectivity index (χ1v) is 13.5. The third kappa shape index (κ3) is 5.04. The Morgan fingerprint density at radius 1 is 0.643 bits per heavy atom. The van der Waals surface area contributed by atoms with E-state index in [0.717, 1.165) is 35.3 Å². The molecule has 2 amide bonds. The number of nitrogens with zero attached hydrogens (tertiary/aromatic N) is 4. The minimum atomic E-state index is -0.360. The fourth-order valence-corrected chi connectivity index (χ4v) is 4.78. The van der Waals surface area contributed by atoms with Gasteiger partial charge in [0, 0.05) is 11.4 Å². The predicted octanol–water partition coefficient (Wildman–Crippen LogP) is 5.87. The summed E-state index contributed by atoms with van der Waals surface area (Å²) < 4.78 is 0. The maximum atomic E-state index is 12.9. The van der Waals surface area contributed by atoms with E-state index in [1.807, 2.05) is 36.4 Å². The van der Waals surface area contributed by atoms with Crippen LogP contribution in [-0.4, -0.2) is 41.7 Å². The van der Waals surface area contributed by atoms with Crippen LogP contribution in [0.1, 0.15) is 38.8 Å². The van der Waals surface area contributed by atoms with E-state index < -0.39 is 0 Å². The van der Waals surface area contributed by atoms with Gasteiger partial charge in [-0.2, -0.15) is 0 Å². The van der Waals surface area contributed by atoms with E-state index in [1.165, 1.54) is 0 Å². The summed E-state index contributed by atoms with van der Waals surface area (Å²) in [6.07, 6.45) is 5.97. The van der Waals surface area contributed by atoms with Crippen molar-refractivity contribution in [3.8, 4) is 23.0 Å². The predicted molar refractivity (Wildman–Crippen MR) is 161 cm³/mol. The Hall–Kier alpha value is -5.90. The van der Waals surface area contributed by atoms with Gasteiger partial charge in [0.25, 0.3) is 11.8 Å². The number of para-hydroxylation sites is 2. The highest BCUT2D eigenvalue weighted by atomic mass is 16.2. The Morgan fingerprint density at radius 2 is 1.26 bits per heavy atom. The molecular weight excluding hydrogens is 528 g/mol. The van der Waals surface area contributed by atoms with Crippen molar-refractivity contribution in [2.45, 2.75) is 12.8 Å². The van der Waals surface area contributed by atoms with Gasteiger partial charge in [0.2, 0.25) is 0 Å². The molecule has 204 valence electrons. The number of carbonyl (C=O) groups is 2. The lowest BCUT2D eigenvalue weighted by molar-refractivity contribution is 0.101. The maximum absolute atomic E-state index is 12.9. The Balaban J connectivity index is 1.01. The first-order chi connectivity index (χ1) is 20.6. The molecule has 10 nitrogen and oxygen atoms in total. The number of aromatic nitrogens is 6. The van der Waals surface area contributed by atoms with E-state index in [1.54, 1.807) is 54.6 Å². The van der Waals surface area contributed by atoms with Gasteiger partial charge in [-0.05, 0) is 79.6 Å². The molecule has 4 aromatic heterocycles. The zero-order chi connectivity index (χ0) is 28.5. The van der Waals surface area contributed by atoms with Crippen molar-refractivity contribution < 1.29 is 9.59 Å². The molecule has 4 N–H and O–H groups in total. The summed E-state index contributed by atoms with van der Waals surface area (Å²) in [4.78, 5) is 50.6. The highest BCUT2D eigenvalue weighted by molar-refractivity contribution is 6.04. The fourth-order valence-electron chi connectivity index (χ4n) is 4.78. The molecule has 0 saturated carbocycles. The summed E-state index contributed by atoms with van der Waals surface area (Å²) in [7, 11) is 0. The van der Waals surface area contributed by atoms with Gasteiger partial charge in [0.1, 0.15) is 22.8 Å². The number of anilines is 2. The molecule has 0 radical (unpaired) electrons. The minimum absolute atomic E-state index is 0.254. The summed E-state index contributed by atoms with van der Waals surface area (Å²) in [6, 6.07) is 25.0. The van der Waals surface area contributed by atoms with Gasteiger partial charge < -0.3 is 20.6 Å². The number of rotatable bonds is 6. The Labute approximate surface area is 240 Å². The molecule has 6 aromatic rings. The molecule has 0 bridgehead atoms. The second-order valence-electron chi connectivity index (χ2n) is 9.79. The van der Waals surface area contributed by atoms with Crippen LogP contribution in [0.3, 0.4) is 0 Å². The second kappa shape index (κ2) is 10.6. The van der Waals surface area contributed by atoms with Gasteiger partial charge in [-0.3, -0.25) is 9.59 Å². The number of aromatic amines is 2. The smallest absolute Gasteiger partial charge is 0.274 e. The lowest BCUT2D eigenvalue weighted by Crippen LogP contribution is -2.15. The quantitative estimate of drug-likeness (QED) is 0.204. The molecule has 1 aliphatic carbocycles. The number of benzene rings is 2. The first kappa shape index (κ1) is 25.1. The standard InChI is InChI=1S/C32H24N8O2/c41-31(27-13-5-11-25(35-27)29-37-21-7-1-2-8-22(21)38-29)33-19-15-17-20(18-16-19)34-32(42)28-14-6-12-26(36-28)30-39-23-9-3-4-10-24(23)40-30/h1-3,5-9,11-18H,4,10H2,(H,33,41)(H,34,42)(H,37,38)(H,39,40). The average Bonchev–Trinajstić information content (AvgIpc) is 3.67. The van der Waals surface area contributed by atoms with Crippen LogP contribution < -0.4 is 10.6 Å².